The van der Waals surface area contributed by atoms with Gasteiger partial charge in [0, 0.05) is 6.20 Å². The van der Waals surface area contributed by atoms with E-state index in [9.17, 15) is 9.59 Å². The number of thioether (sulfide) groups is 1. The van der Waals surface area contributed by atoms with Crippen LogP contribution in [0.3, 0.4) is 0 Å². The molecule has 0 unspecified atom stereocenters. The molecule has 0 fully saturated rings. The summed E-state index contributed by atoms with van der Waals surface area (Å²) in [6.07, 6.45) is 1.92. The molecular formula is C15H14N2O3S. The molecule has 0 spiro atoms. The number of hydrogen-bond donors (Lipinski definition) is 1. The Morgan fingerprint density at radius 2 is 2.14 bits per heavy atom. The summed E-state index contributed by atoms with van der Waals surface area (Å²) in [5.41, 5.74) is 2.45. The zero-order valence-electron chi connectivity index (χ0n) is 11.4. The lowest BCUT2D eigenvalue weighted by atomic mass is 10.1. The number of carbonyl (C=O) groups is 2. The van der Waals surface area contributed by atoms with Gasteiger partial charge in [-0.25, -0.2) is 0 Å². The zero-order chi connectivity index (χ0) is 15.0. The van der Waals surface area contributed by atoms with Gasteiger partial charge >= 0.3 is 5.97 Å². The maximum Gasteiger partial charge on any atom is 0.323 e. The van der Waals surface area contributed by atoms with E-state index in [1.54, 1.807) is 0 Å². The summed E-state index contributed by atoms with van der Waals surface area (Å²) in [7, 11) is 0. The minimum absolute atomic E-state index is 0.193. The molecule has 1 N–H and O–H groups in total. The average molecular weight is 302 g/mol. The van der Waals surface area contributed by atoms with Gasteiger partial charge in [-0.15, -0.1) is 0 Å². The van der Waals surface area contributed by atoms with Crippen molar-refractivity contribution in [1.29, 1.82) is 0 Å². The van der Waals surface area contributed by atoms with E-state index < -0.39 is 5.97 Å². The molecule has 21 heavy (non-hydrogen) atoms. The molecule has 0 atom stereocenters. The van der Waals surface area contributed by atoms with Crippen LogP contribution in [0.2, 0.25) is 0 Å². The van der Waals surface area contributed by atoms with E-state index in [0.717, 1.165) is 16.3 Å². The van der Waals surface area contributed by atoms with Crippen molar-refractivity contribution >= 4 is 29.3 Å². The highest BCUT2D eigenvalue weighted by Crippen LogP contribution is 2.33. The van der Waals surface area contributed by atoms with Crippen LogP contribution >= 0.6 is 11.8 Å². The summed E-state index contributed by atoms with van der Waals surface area (Å²) < 4.78 is 1.99. The van der Waals surface area contributed by atoms with Gasteiger partial charge in [0.25, 0.3) is 0 Å². The van der Waals surface area contributed by atoms with Gasteiger partial charge in [-0.2, -0.15) is 0 Å². The first-order valence-corrected chi connectivity index (χ1v) is 7.48. The second-order valence-corrected chi connectivity index (χ2v) is 5.87. The molecular weight excluding hydrogens is 288 g/mol. The minimum atomic E-state index is -1.02. The normalized spacial score (nSPS) is 14.1. The van der Waals surface area contributed by atoms with Gasteiger partial charge in [0.2, 0.25) is 5.91 Å². The second-order valence-electron chi connectivity index (χ2n) is 4.87. The van der Waals surface area contributed by atoms with Crippen molar-refractivity contribution in [3.05, 3.63) is 42.1 Å². The molecule has 0 saturated heterocycles. The van der Waals surface area contributed by atoms with Crippen molar-refractivity contribution in [2.24, 2.45) is 0 Å². The fraction of sp³-hybridized carbons (Fsp3) is 0.200. The first-order valence-electron chi connectivity index (χ1n) is 6.49. The molecule has 0 saturated carbocycles. The number of hydrogen-bond acceptors (Lipinski definition) is 3. The Morgan fingerprint density at radius 3 is 2.90 bits per heavy atom. The number of carboxylic acids is 1. The van der Waals surface area contributed by atoms with Gasteiger partial charge in [-0.3, -0.25) is 14.5 Å². The molecule has 2 heterocycles. The van der Waals surface area contributed by atoms with Crippen LogP contribution in [0.4, 0.5) is 5.69 Å². The average Bonchev–Trinajstić information content (AvgIpc) is 2.88. The Hall–Kier alpha value is -2.21. The van der Waals surface area contributed by atoms with Crippen LogP contribution < -0.4 is 4.90 Å². The Balaban J connectivity index is 2.21. The smallest absolute Gasteiger partial charge is 0.323 e. The largest absolute Gasteiger partial charge is 0.480 e. The van der Waals surface area contributed by atoms with Crippen LogP contribution in [-0.4, -0.2) is 33.8 Å². The van der Waals surface area contributed by atoms with Crippen LogP contribution in [-0.2, 0) is 9.59 Å². The molecule has 108 valence electrons. The number of aromatic nitrogens is 1. The summed E-state index contributed by atoms with van der Waals surface area (Å²) in [5, 5.41) is 10.1. The third-order valence-electron chi connectivity index (χ3n) is 3.33. The summed E-state index contributed by atoms with van der Waals surface area (Å²) in [6.45, 7) is 1.60. The van der Waals surface area contributed by atoms with Gasteiger partial charge in [0.15, 0.2) is 0 Å². The molecule has 1 aromatic heterocycles. The molecule has 0 aliphatic carbocycles. The number of benzene rings is 1. The zero-order valence-corrected chi connectivity index (χ0v) is 12.3. The van der Waals surface area contributed by atoms with Crippen molar-refractivity contribution in [2.45, 2.75) is 11.9 Å². The molecule has 1 aromatic carbocycles. The van der Waals surface area contributed by atoms with Gasteiger partial charge in [0.1, 0.15) is 6.54 Å². The fourth-order valence-corrected chi connectivity index (χ4v) is 3.29. The topological polar surface area (TPSA) is 62.5 Å². The van der Waals surface area contributed by atoms with E-state index >= 15 is 0 Å². The highest BCUT2D eigenvalue weighted by atomic mass is 32.2. The predicted molar refractivity (Wildman–Crippen MR) is 81.2 cm³/mol. The number of aryl methyl sites for hydroxylation is 1. The monoisotopic (exact) mass is 302 g/mol. The molecule has 3 rings (SSSR count). The molecule has 1 amide bonds. The van der Waals surface area contributed by atoms with Gasteiger partial charge in [-0.05, 0) is 36.8 Å². The highest BCUT2D eigenvalue weighted by Gasteiger charge is 2.25. The number of carboxylic acid groups (broad SMARTS) is 1. The Morgan fingerprint density at radius 1 is 1.33 bits per heavy atom. The third-order valence-corrected chi connectivity index (χ3v) is 4.35. The maximum absolute atomic E-state index is 12.3. The summed E-state index contributed by atoms with van der Waals surface area (Å²) in [5.74, 6) is -0.985. The minimum Gasteiger partial charge on any atom is -0.480 e. The highest BCUT2D eigenvalue weighted by molar-refractivity contribution is 7.99. The number of nitrogens with zero attached hydrogens (tertiary/aromatic N) is 2. The van der Waals surface area contributed by atoms with Crippen LogP contribution in [0.15, 0.2) is 41.6 Å². The molecule has 1 aliphatic rings. The van der Waals surface area contributed by atoms with Crippen molar-refractivity contribution < 1.29 is 14.7 Å². The summed E-state index contributed by atoms with van der Waals surface area (Å²) >= 11 is 1.42. The second kappa shape index (κ2) is 5.29. The number of amides is 1. The molecule has 5 nitrogen and oxygen atoms in total. The maximum atomic E-state index is 12.3. The third kappa shape index (κ3) is 2.54. The summed E-state index contributed by atoms with van der Waals surface area (Å²) in [4.78, 5) is 24.8. The summed E-state index contributed by atoms with van der Waals surface area (Å²) in [6, 6.07) is 9.61. The lowest BCUT2D eigenvalue weighted by molar-refractivity contribution is -0.136. The van der Waals surface area contributed by atoms with Crippen LogP contribution in [0.1, 0.15) is 5.56 Å². The van der Waals surface area contributed by atoms with Gasteiger partial charge in [0.05, 0.1) is 22.2 Å². The van der Waals surface area contributed by atoms with Gasteiger partial charge in [-0.1, -0.05) is 17.8 Å². The Bertz CT molecular complexity index is 723. The van der Waals surface area contributed by atoms with E-state index in [4.69, 9.17) is 5.11 Å². The number of fused-ring (bicyclic) bond motifs is 3. The van der Waals surface area contributed by atoms with E-state index in [-0.39, 0.29) is 18.2 Å². The first kappa shape index (κ1) is 13.8. The van der Waals surface area contributed by atoms with Crippen LogP contribution in [0, 0.1) is 6.92 Å². The van der Waals surface area contributed by atoms with Crippen molar-refractivity contribution in [2.75, 3.05) is 17.2 Å². The quantitative estimate of drug-likeness (QED) is 0.924. The standard InChI is InChI=1S/C15H14N2O3S/c1-10-4-5-11-12(7-10)17(8-15(19)20)13(18)9-21-14-3-2-6-16(11)14/h2-7H,8-9H2,1H3,(H,19,20). The van der Waals surface area contributed by atoms with E-state index in [1.807, 2.05) is 48.0 Å². The lowest BCUT2D eigenvalue weighted by Gasteiger charge is -2.27. The van der Waals surface area contributed by atoms with E-state index in [0.29, 0.717) is 5.69 Å². The van der Waals surface area contributed by atoms with Crippen LogP contribution in [0.25, 0.3) is 5.69 Å². The SMILES string of the molecule is Cc1ccc2c(c1)N(CC(=O)O)C(=O)CSc1cccn1-2. The molecule has 1 aliphatic heterocycles. The number of anilines is 1. The lowest BCUT2D eigenvalue weighted by Crippen LogP contribution is -2.38. The van der Waals surface area contributed by atoms with Crippen molar-refractivity contribution in [1.82, 2.24) is 4.57 Å². The van der Waals surface area contributed by atoms with E-state index in [2.05, 4.69) is 0 Å². The van der Waals surface area contributed by atoms with E-state index in [1.165, 1.54) is 16.7 Å². The number of carbonyl (C=O) groups excluding carboxylic acids is 1. The Kier molecular flexibility index (Phi) is 3.47. The molecule has 6 heteroatoms. The molecule has 0 radical (unpaired) electrons. The van der Waals surface area contributed by atoms with Crippen LogP contribution in [0.5, 0.6) is 0 Å². The predicted octanol–water partition coefficient (Wildman–Crippen LogP) is 2.31. The molecule has 0 bridgehead atoms. The van der Waals surface area contributed by atoms with Gasteiger partial charge < -0.3 is 9.67 Å². The number of aliphatic carboxylic acids is 1. The van der Waals surface area contributed by atoms with Crippen molar-refractivity contribution in [3.8, 4) is 5.69 Å². The molecule has 2 aromatic rings. The van der Waals surface area contributed by atoms with Crippen molar-refractivity contribution in [3.63, 3.8) is 0 Å². The fourth-order valence-electron chi connectivity index (χ4n) is 2.39. The Labute approximate surface area is 126 Å². The number of rotatable bonds is 2. The first-order chi connectivity index (χ1) is 10.1.